The van der Waals surface area contributed by atoms with Crippen molar-refractivity contribution < 1.29 is 23.9 Å². The van der Waals surface area contributed by atoms with Crippen LogP contribution in [0, 0.1) is 6.92 Å². The number of amides is 1. The highest BCUT2D eigenvalue weighted by Crippen LogP contribution is 2.49. The van der Waals surface area contributed by atoms with Crippen molar-refractivity contribution in [3.05, 3.63) is 80.2 Å². The van der Waals surface area contributed by atoms with E-state index < -0.39 is 5.92 Å². The lowest BCUT2D eigenvalue weighted by atomic mass is 9.73. The van der Waals surface area contributed by atoms with Gasteiger partial charge in [0.2, 0.25) is 0 Å². The van der Waals surface area contributed by atoms with Crippen LogP contribution >= 0.6 is 23.2 Å². The van der Waals surface area contributed by atoms with E-state index >= 15 is 0 Å². The van der Waals surface area contributed by atoms with Gasteiger partial charge in [-0.2, -0.15) is 0 Å². The molecule has 8 heteroatoms. The molecule has 0 saturated heterocycles. The first kappa shape index (κ1) is 24.6. The molecule has 0 saturated carbocycles. The Morgan fingerprint density at radius 1 is 0.972 bits per heavy atom. The Hall–Kier alpha value is -3.09. The second-order valence-corrected chi connectivity index (χ2v) is 10.0. The van der Waals surface area contributed by atoms with Crippen molar-refractivity contribution in [2.24, 2.45) is 0 Å². The van der Waals surface area contributed by atoms with Crippen molar-refractivity contribution in [3.63, 3.8) is 0 Å². The third-order valence-corrected chi connectivity index (χ3v) is 7.32. The zero-order chi connectivity index (χ0) is 25.4. The Kier molecular flexibility index (Phi) is 6.91. The minimum atomic E-state index is -0.572. The highest BCUT2D eigenvalue weighted by molar-refractivity contribution is 6.37. The number of Topliss-reactive ketones (excluding diaryl/α,β-unsaturated/α-hetero) is 2. The summed E-state index contributed by atoms with van der Waals surface area (Å²) in [6, 6.07) is 10.8. The Labute approximate surface area is 219 Å². The van der Waals surface area contributed by atoms with E-state index in [9.17, 15) is 14.4 Å². The highest BCUT2D eigenvalue weighted by atomic mass is 35.5. The van der Waals surface area contributed by atoms with E-state index in [1.807, 2.05) is 25.1 Å². The minimum Gasteiger partial charge on any atom is -0.481 e. The van der Waals surface area contributed by atoms with Crippen LogP contribution in [-0.2, 0) is 19.1 Å². The van der Waals surface area contributed by atoms with Crippen molar-refractivity contribution in [1.82, 2.24) is 0 Å². The molecule has 0 radical (unpaired) electrons. The second kappa shape index (κ2) is 10.1. The van der Waals surface area contributed by atoms with Crippen molar-refractivity contribution >= 4 is 46.4 Å². The molecule has 1 aliphatic heterocycles. The first-order valence-corrected chi connectivity index (χ1v) is 12.8. The van der Waals surface area contributed by atoms with Crippen LogP contribution in [-0.4, -0.2) is 24.1 Å². The van der Waals surface area contributed by atoms with E-state index in [0.29, 0.717) is 59.6 Å². The normalized spacial score (nSPS) is 18.0. The van der Waals surface area contributed by atoms with Crippen molar-refractivity contribution in [2.45, 2.75) is 51.4 Å². The summed E-state index contributed by atoms with van der Waals surface area (Å²) in [5.41, 5.74) is 3.30. The van der Waals surface area contributed by atoms with Gasteiger partial charge in [-0.05, 0) is 49.1 Å². The number of carbonyl (C=O) groups is 3. The van der Waals surface area contributed by atoms with Crippen molar-refractivity contribution in [2.75, 3.05) is 11.9 Å². The van der Waals surface area contributed by atoms with Gasteiger partial charge in [-0.25, -0.2) is 0 Å². The smallest absolute Gasteiger partial charge is 0.262 e. The maximum Gasteiger partial charge on any atom is 0.262 e. The topological polar surface area (TPSA) is 81.7 Å². The zero-order valence-corrected chi connectivity index (χ0v) is 21.3. The van der Waals surface area contributed by atoms with Crippen LogP contribution in [0.1, 0.15) is 55.6 Å². The molecule has 0 unspecified atom stereocenters. The molecule has 36 heavy (non-hydrogen) atoms. The van der Waals surface area contributed by atoms with Gasteiger partial charge in [-0.1, -0.05) is 41.4 Å². The van der Waals surface area contributed by atoms with E-state index in [2.05, 4.69) is 5.32 Å². The largest absolute Gasteiger partial charge is 0.481 e. The molecule has 2 aromatic rings. The van der Waals surface area contributed by atoms with Crippen molar-refractivity contribution in [3.8, 4) is 5.75 Å². The molecule has 0 aromatic heterocycles. The predicted octanol–water partition coefficient (Wildman–Crippen LogP) is 6.45. The summed E-state index contributed by atoms with van der Waals surface area (Å²) < 4.78 is 11.8. The maximum atomic E-state index is 13.0. The summed E-state index contributed by atoms with van der Waals surface area (Å²) >= 11 is 13.1. The number of ether oxygens (including phenoxy) is 2. The van der Waals surface area contributed by atoms with Gasteiger partial charge in [0.25, 0.3) is 5.91 Å². The van der Waals surface area contributed by atoms with Gasteiger partial charge in [0.15, 0.2) is 23.9 Å². The first-order chi connectivity index (χ1) is 17.3. The molecule has 1 amide bonds. The van der Waals surface area contributed by atoms with E-state index in [-0.39, 0.29) is 39.9 Å². The standard InChI is InChI=1S/C28H25Cl2NO5/c1-15-6-2-3-7-19(15)31-24(34)14-35-28-17(29)12-16(13-18(28)30)25-26-20(32)8-4-10-22(26)36-23-11-5-9-21(33)27(23)25/h2-3,6-7,12-13,25H,4-5,8-11,14H2,1H3,(H,31,34). The lowest BCUT2D eigenvalue weighted by Gasteiger charge is -2.36. The molecule has 2 aromatic carbocycles. The summed E-state index contributed by atoms with van der Waals surface area (Å²) in [4.78, 5) is 38.4. The Balaban J connectivity index is 1.43. The van der Waals surface area contributed by atoms with E-state index in [1.165, 1.54) is 0 Å². The van der Waals surface area contributed by atoms with Gasteiger partial charge in [0, 0.05) is 48.4 Å². The lowest BCUT2D eigenvalue weighted by molar-refractivity contribution is -0.119. The quantitative estimate of drug-likeness (QED) is 0.485. The number of rotatable bonds is 5. The molecule has 0 fully saturated rings. The van der Waals surface area contributed by atoms with Gasteiger partial charge >= 0.3 is 0 Å². The van der Waals surface area contributed by atoms with E-state index in [4.69, 9.17) is 32.7 Å². The molecular formula is C28H25Cl2NO5. The Bertz CT molecular complexity index is 1280. The fraction of sp³-hybridized carbons (Fsp3) is 0.321. The van der Waals surface area contributed by atoms with Gasteiger partial charge in [-0.15, -0.1) is 0 Å². The van der Waals surface area contributed by atoms with Crippen molar-refractivity contribution in [1.29, 1.82) is 0 Å². The van der Waals surface area contributed by atoms with Crippen LogP contribution in [0.3, 0.4) is 0 Å². The average molecular weight is 526 g/mol. The number of para-hydroxylation sites is 1. The molecule has 3 aliphatic rings. The maximum absolute atomic E-state index is 13.0. The van der Waals surface area contributed by atoms with Crippen LogP contribution < -0.4 is 10.1 Å². The SMILES string of the molecule is Cc1ccccc1NC(=O)COc1c(Cl)cc(C2C3=C(CCCC3=O)OC3=C2C(=O)CCC3)cc1Cl. The van der Waals surface area contributed by atoms with Crippen LogP contribution in [0.4, 0.5) is 5.69 Å². The monoisotopic (exact) mass is 525 g/mol. The summed E-state index contributed by atoms with van der Waals surface area (Å²) in [6.45, 7) is 1.61. The number of nitrogens with one attached hydrogen (secondary N) is 1. The molecule has 2 aliphatic carbocycles. The van der Waals surface area contributed by atoms with Gasteiger partial charge in [0.1, 0.15) is 11.5 Å². The van der Waals surface area contributed by atoms with Crippen LogP contribution in [0.2, 0.25) is 10.0 Å². The van der Waals surface area contributed by atoms with Gasteiger partial charge in [-0.3, -0.25) is 14.4 Å². The fourth-order valence-electron chi connectivity index (χ4n) is 5.07. The van der Waals surface area contributed by atoms with Crippen LogP contribution in [0.5, 0.6) is 5.75 Å². The molecule has 0 atom stereocenters. The summed E-state index contributed by atoms with van der Waals surface area (Å²) in [5.74, 6) is 0.490. The Morgan fingerprint density at radius 3 is 2.14 bits per heavy atom. The Morgan fingerprint density at radius 2 is 1.56 bits per heavy atom. The van der Waals surface area contributed by atoms with Crippen LogP contribution in [0.15, 0.2) is 59.1 Å². The molecule has 5 rings (SSSR count). The molecule has 0 spiro atoms. The van der Waals surface area contributed by atoms with E-state index in [1.54, 1.807) is 18.2 Å². The first-order valence-electron chi connectivity index (χ1n) is 12.0. The highest BCUT2D eigenvalue weighted by Gasteiger charge is 2.42. The molecular weight excluding hydrogens is 501 g/mol. The summed E-state index contributed by atoms with van der Waals surface area (Å²) in [5, 5.41) is 3.20. The number of hydrogen-bond acceptors (Lipinski definition) is 5. The number of benzene rings is 2. The third kappa shape index (κ3) is 4.67. The number of halogens is 2. The molecule has 6 nitrogen and oxygen atoms in total. The summed E-state index contributed by atoms with van der Waals surface area (Å²) in [6.07, 6.45) is 3.57. The predicted molar refractivity (Wildman–Crippen MR) is 137 cm³/mol. The molecule has 186 valence electrons. The van der Waals surface area contributed by atoms with Gasteiger partial charge in [0.05, 0.1) is 10.0 Å². The number of carbonyl (C=O) groups excluding carboxylic acids is 3. The number of aryl methyl sites for hydroxylation is 1. The molecule has 1 heterocycles. The average Bonchev–Trinajstić information content (AvgIpc) is 2.84. The van der Waals surface area contributed by atoms with Gasteiger partial charge < -0.3 is 14.8 Å². The lowest BCUT2D eigenvalue weighted by Crippen LogP contribution is -2.30. The second-order valence-electron chi connectivity index (χ2n) is 9.23. The van der Waals surface area contributed by atoms with Crippen LogP contribution in [0.25, 0.3) is 0 Å². The number of allylic oxidation sites excluding steroid dienone is 4. The zero-order valence-electron chi connectivity index (χ0n) is 19.8. The number of ketones is 2. The summed E-state index contributed by atoms with van der Waals surface area (Å²) in [7, 11) is 0. The number of hydrogen-bond donors (Lipinski definition) is 1. The number of anilines is 1. The molecule has 1 N–H and O–H groups in total. The molecule has 0 bridgehead atoms. The minimum absolute atomic E-state index is 0.0216. The fourth-order valence-corrected chi connectivity index (χ4v) is 5.69. The third-order valence-electron chi connectivity index (χ3n) is 6.76. The van der Waals surface area contributed by atoms with E-state index in [0.717, 1.165) is 18.4 Å².